The van der Waals surface area contributed by atoms with Crippen LogP contribution in [0.2, 0.25) is 5.02 Å². The Morgan fingerprint density at radius 3 is 2.74 bits per heavy atom. The average molecular weight is 475 g/mol. The number of aromatic hydroxyl groups is 1. The quantitative estimate of drug-likeness (QED) is 0.425. The summed E-state index contributed by atoms with van der Waals surface area (Å²) in [6.07, 6.45) is 9.94. The Kier molecular flexibility index (Phi) is 4.81. The first-order chi connectivity index (χ1) is 16.5. The molecule has 0 radical (unpaired) electrons. The summed E-state index contributed by atoms with van der Waals surface area (Å²) in [6, 6.07) is 7.22. The molecule has 3 aromatic heterocycles. The second-order valence-electron chi connectivity index (χ2n) is 8.97. The number of hydrogen-bond acceptors (Lipinski definition) is 6. The average Bonchev–Trinajstić information content (AvgIpc) is 3.48. The molecule has 1 amide bonds. The van der Waals surface area contributed by atoms with Crippen LogP contribution in [0.4, 0.5) is 5.82 Å². The van der Waals surface area contributed by atoms with E-state index in [0.717, 1.165) is 49.0 Å². The second kappa shape index (κ2) is 7.77. The molecule has 6 rings (SSSR count). The topological polar surface area (TPSA) is 105 Å². The van der Waals surface area contributed by atoms with Gasteiger partial charge in [0.2, 0.25) is 11.8 Å². The van der Waals surface area contributed by atoms with Crippen LogP contribution in [0.15, 0.2) is 42.9 Å². The van der Waals surface area contributed by atoms with E-state index in [9.17, 15) is 9.90 Å². The van der Waals surface area contributed by atoms with E-state index < -0.39 is 5.41 Å². The fourth-order valence-electron chi connectivity index (χ4n) is 5.08. The highest BCUT2D eigenvalue weighted by Crippen LogP contribution is 2.58. The zero-order valence-electron chi connectivity index (χ0n) is 18.6. The normalized spacial score (nSPS) is 19.4. The highest BCUT2D eigenvalue weighted by molar-refractivity contribution is 6.30. The number of nitrogens with one attached hydrogen (secondary N) is 1. The third-order valence-corrected chi connectivity index (χ3v) is 7.06. The molecular weight excluding hydrogens is 452 g/mol. The van der Waals surface area contributed by atoms with Crippen molar-refractivity contribution in [1.29, 1.82) is 0 Å². The molecule has 9 heteroatoms. The van der Waals surface area contributed by atoms with E-state index in [1.165, 1.54) is 0 Å². The van der Waals surface area contributed by atoms with E-state index in [2.05, 4.69) is 27.2 Å². The van der Waals surface area contributed by atoms with Gasteiger partial charge < -0.3 is 14.8 Å². The van der Waals surface area contributed by atoms with Gasteiger partial charge in [-0.2, -0.15) is 4.98 Å². The van der Waals surface area contributed by atoms with Gasteiger partial charge in [0.05, 0.1) is 11.3 Å². The standard InChI is InChI=1S/C25H23ClN6O2/c1-2-3-4-17-22-27-11-12-32(22)13-18(28-17)20-29-21-19(23(33)30-20)25(14-5-6-14,24(34)31-21)15-7-9-16(26)10-8-15/h7-14H,2-6H2,1H3,(H2,29,30,31,33,34). The number of aryl methyl sites for hydroxylation is 1. The summed E-state index contributed by atoms with van der Waals surface area (Å²) in [5.74, 6) is 0.250. The highest BCUT2D eigenvalue weighted by atomic mass is 35.5. The molecule has 34 heavy (non-hydrogen) atoms. The molecule has 0 bridgehead atoms. The molecule has 1 saturated carbocycles. The summed E-state index contributed by atoms with van der Waals surface area (Å²) in [6.45, 7) is 2.13. The van der Waals surface area contributed by atoms with Gasteiger partial charge in [0.25, 0.3) is 0 Å². The molecule has 8 nitrogen and oxygen atoms in total. The molecule has 1 fully saturated rings. The van der Waals surface area contributed by atoms with Gasteiger partial charge in [0, 0.05) is 23.6 Å². The van der Waals surface area contributed by atoms with Crippen LogP contribution < -0.4 is 5.32 Å². The number of hydrogen-bond donors (Lipinski definition) is 2. The fraction of sp³-hybridized carbons (Fsp3) is 0.320. The Morgan fingerprint density at radius 1 is 1.21 bits per heavy atom. The van der Waals surface area contributed by atoms with Crippen LogP contribution in [-0.2, 0) is 16.6 Å². The van der Waals surface area contributed by atoms with Gasteiger partial charge in [-0.1, -0.05) is 37.1 Å². The number of carbonyl (C=O) groups excluding carboxylic acids is 1. The van der Waals surface area contributed by atoms with Gasteiger partial charge in [0.15, 0.2) is 11.5 Å². The first-order valence-electron chi connectivity index (χ1n) is 11.5. The van der Waals surface area contributed by atoms with E-state index in [1.54, 1.807) is 24.5 Å². The van der Waals surface area contributed by atoms with E-state index in [0.29, 0.717) is 22.1 Å². The molecule has 4 heterocycles. The molecule has 0 spiro atoms. The van der Waals surface area contributed by atoms with Gasteiger partial charge >= 0.3 is 0 Å². The number of imidazole rings is 1. The Morgan fingerprint density at radius 2 is 2.00 bits per heavy atom. The maximum absolute atomic E-state index is 13.5. The summed E-state index contributed by atoms with van der Waals surface area (Å²) in [4.78, 5) is 31.8. The Hall–Kier alpha value is -3.52. The number of amides is 1. The van der Waals surface area contributed by atoms with Crippen molar-refractivity contribution in [2.24, 2.45) is 5.92 Å². The number of halogens is 1. The van der Waals surface area contributed by atoms with Crippen molar-refractivity contribution in [3.63, 3.8) is 0 Å². The van der Waals surface area contributed by atoms with Crippen LogP contribution >= 0.6 is 11.6 Å². The molecule has 0 saturated heterocycles. The largest absolute Gasteiger partial charge is 0.493 e. The molecule has 4 aromatic rings. The predicted octanol–water partition coefficient (Wildman–Crippen LogP) is 4.54. The number of aromatic nitrogens is 5. The molecule has 1 aliphatic carbocycles. The van der Waals surface area contributed by atoms with Crippen LogP contribution in [0.5, 0.6) is 5.88 Å². The monoisotopic (exact) mass is 474 g/mol. The summed E-state index contributed by atoms with van der Waals surface area (Å²) in [7, 11) is 0. The molecule has 1 unspecified atom stereocenters. The van der Waals surface area contributed by atoms with Crippen molar-refractivity contribution in [3.05, 3.63) is 64.7 Å². The Labute approximate surface area is 201 Å². The van der Waals surface area contributed by atoms with Crippen molar-refractivity contribution in [2.75, 3.05) is 5.32 Å². The molecule has 2 aliphatic rings. The summed E-state index contributed by atoms with van der Waals surface area (Å²) >= 11 is 6.11. The van der Waals surface area contributed by atoms with Crippen LogP contribution in [-0.4, -0.2) is 35.4 Å². The van der Waals surface area contributed by atoms with Crippen LogP contribution in [0.3, 0.4) is 0 Å². The Bertz CT molecular complexity index is 1430. The number of fused-ring (bicyclic) bond motifs is 2. The number of nitrogens with zero attached hydrogens (tertiary/aromatic N) is 5. The zero-order chi connectivity index (χ0) is 23.4. The summed E-state index contributed by atoms with van der Waals surface area (Å²) < 4.78 is 1.89. The maximum Gasteiger partial charge on any atom is 0.241 e. The lowest BCUT2D eigenvalue weighted by Gasteiger charge is -2.28. The molecule has 2 N–H and O–H groups in total. The van der Waals surface area contributed by atoms with Crippen LogP contribution in [0.1, 0.15) is 49.4 Å². The molecule has 1 atom stereocenters. The third-order valence-electron chi connectivity index (χ3n) is 6.80. The molecular formula is C25H23ClN6O2. The minimum atomic E-state index is -1.03. The summed E-state index contributed by atoms with van der Waals surface area (Å²) in [5.41, 5.74) is 2.34. The number of carbonyl (C=O) groups is 1. The SMILES string of the molecule is CCCCc1nc(-c2nc(O)c3c(n2)NC(=O)C3(c2ccc(Cl)cc2)C2CC2)cn2ccnc12. The van der Waals surface area contributed by atoms with Crippen LogP contribution in [0, 0.1) is 5.92 Å². The van der Waals surface area contributed by atoms with E-state index in [4.69, 9.17) is 16.6 Å². The van der Waals surface area contributed by atoms with Gasteiger partial charge in [-0.25, -0.2) is 15.0 Å². The van der Waals surface area contributed by atoms with Gasteiger partial charge in [-0.3, -0.25) is 4.79 Å². The molecule has 1 aromatic carbocycles. The molecule has 1 aliphatic heterocycles. The highest BCUT2D eigenvalue weighted by Gasteiger charge is 2.59. The predicted molar refractivity (Wildman–Crippen MR) is 128 cm³/mol. The van der Waals surface area contributed by atoms with Gasteiger partial charge in [-0.05, 0) is 49.3 Å². The van der Waals surface area contributed by atoms with E-state index >= 15 is 0 Å². The fourth-order valence-corrected chi connectivity index (χ4v) is 5.21. The van der Waals surface area contributed by atoms with Crippen molar-refractivity contribution >= 4 is 29.0 Å². The van der Waals surface area contributed by atoms with E-state index in [1.807, 2.05) is 22.7 Å². The zero-order valence-corrected chi connectivity index (χ0v) is 19.4. The minimum Gasteiger partial charge on any atom is -0.493 e. The lowest BCUT2D eigenvalue weighted by molar-refractivity contribution is -0.120. The maximum atomic E-state index is 13.5. The lowest BCUT2D eigenvalue weighted by Crippen LogP contribution is -2.38. The number of unbranched alkanes of at least 4 members (excludes halogenated alkanes) is 1. The van der Waals surface area contributed by atoms with Crippen molar-refractivity contribution < 1.29 is 9.90 Å². The second-order valence-corrected chi connectivity index (χ2v) is 9.41. The number of benzene rings is 1. The third kappa shape index (κ3) is 3.09. The van der Waals surface area contributed by atoms with Crippen molar-refractivity contribution in [1.82, 2.24) is 24.3 Å². The smallest absolute Gasteiger partial charge is 0.241 e. The number of rotatable bonds is 6. The van der Waals surface area contributed by atoms with Crippen LogP contribution in [0.25, 0.3) is 17.2 Å². The summed E-state index contributed by atoms with van der Waals surface area (Å²) in [5, 5.41) is 14.7. The first kappa shape index (κ1) is 21.0. The number of anilines is 1. The Balaban J connectivity index is 1.50. The van der Waals surface area contributed by atoms with Gasteiger partial charge in [0.1, 0.15) is 16.9 Å². The van der Waals surface area contributed by atoms with Crippen molar-refractivity contribution in [3.8, 4) is 17.4 Å². The minimum absolute atomic E-state index is 0.0661. The lowest BCUT2D eigenvalue weighted by atomic mass is 9.72. The molecule has 172 valence electrons. The van der Waals surface area contributed by atoms with Gasteiger partial charge in [-0.15, -0.1) is 0 Å². The van der Waals surface area contributed by atoms with Crippen molar-refractivity contribution in [2.45, 2.75) is 44.4 Å². The van der Waals surface area contributed by atoms with E-state index in [-0.39, 0.29) is 23.5 Å². The first-order valence-corrected chi connectivity index (χ1v) is 11.9.